The Labute approximate surface area is 178 Å². The first kappa shape index (κ1) is 21.0. The molecule has 28 heavy (non-hydrogen) atoms. The van der Waals surface area contributed by atoms with Gasteiger partial charge in [-0.05, 0) is 55.3 Å². The van der Waals surface area contributed by atoms with Gasteiger partial charge in [0, 0.05) is 30.9 Å². The zero-order chi connectivity index (χ0) is 20.1. The van der Waals surface area contributed by atoms with Crippen LogP contribution in [0.15, 0.2) is 41.6 Å². The molecule has 0 aliphatic carbocycles. The first-order valence-electron chi connectivity index (χ1n) is 9.01. The van der Waals surface area contributed by atoms with E-state index in [1.165, 1.54) is 11.8 Å². The molecule has 1 aliphatic rings. The largest absolute Gasteiger partial charge is 0.352 e. The molecule has 8 heteroatoms. The Balaban J connectivity index is 1.52. The lowest BCUT2D eigenvalue weighted by Crippen LogP contribution is -2.41. The normalized spacial score (nSPS) is 14.8. The van der Waals surface area contributed by atoms with Gasteiger partial charge in [0.15, 0.2) is 0 Å². The van der Waals surface area contributed by atoms with Gasteiger partial charge in [-0.3, -0.25) is 9.59 Å². The number of likely N-dealkylation sites (tertiary alicyclic amines) is 1. The van der Waals surface area contributed by atoms with Gasteiger partial charge >= 0.3 is 0 Å². The number of carbonyl (C=O) groups is 2. The van der Waals surface area contributed by atoms with Crippen molar-refractivity contribution < 1.29 is 9.59 Å². The maximum atomic E-state index is 12.8. The third kappa shape index (κ3) is 4.99. The van der Waals surface area contributed by atoms with E-state index in [1.807, 2.05) is 17.2 Å². The lowest BCUT2D eigenvalue weighted by molar-refractivity contribution is 0.0680. The van der Waals surface area contributed by atoms with E-state index in [4.69, 9.17) is 23.2 Å². The van der Waals surface area contributed by atoms with Gasteiger partial charge in [-0.2, -0.15) is 0 Å². The highest BCUT2D eigenvalue weighted by Gasteiger charge is 2.25. The van der Waals surface area contributed by atoms with Crippen molar-refractivity contribution in [2.75, 3.05) is 25.9 Å². The number of hydrogen-bond acceptors (Lipinski definition) is 4. The van der Waals surface area contributed by atoms with Crippen molar-refractivity contribution in [3.05, 3.63) is 57.7 Å². The summed E-state index contributed by atoms with van der Waals surface area (Å²) in [6.45, 7) is 1.88. The van der Waals surface area contributed by atoms with Crippen molar-refractivity contribution in [3.63, 3.8) is 0 Å². The fourth-order valence-electron chi connectivity index (χ4n) is 3.23. The summed E-state index contributed by atoms with van der Waals surface area (Å²) in [4.78, 5) is 31.3. The number of pyridine rings is 1. The van der Waals surface area contributed by atoms with E-state index in [1.54, 1.807) is 30.5 Å². The Hall–Kier alpha value is -1.76. The minimum absolute atomic E-state index is 0.0191. The van der Waals surface area contributed by atoms with Crippen LogP contribution in [0, 0.1) is 5.92 Å². The summed E-state index contributed by atoms with van der Waals surface area (Å²) >= 11 is 13.5. The van der Waals surface area contributed by atoms with Crippen LogP contribution in [0.3, 0.4) is 0 Å². The van der Waals surface area contributed by atoms with Crippen molar-refractivity contribution in [1.82, 2.24) is 15.2 Å². The van der Waals surface area contributed by atoms with Crippen LogP contribution in [-0.2, 0) is 0 Å². The van der Waals surface area contributed by atoms with E-state index in [0.29, 0.717) is 46.7 Å². The minimum Gasteiger partial charge on any atom is -0.352 e. The summed E-state index contributed by atoms with van der Waals surface area (Å²) in [6.07, 6.45) is 5.29. The van der Waals surface area contributed by atoms with Crippen LogP contribution in [0.25, 0.3) is 0 Å². The summed E-state index contributed by atoms with van der Waals surface area (Å²) in [6, 6.07) is 8.44. The molecule has 2 heterocycles. The van der Waals surface area contributed by atoms with E-state index in [-0.39, 0.29) is 11.8 Å². The molecule has 2 aromatic rings. The standard InChI is InChI=1S/C20H21Cl2N3O2S/c1-28-19-15(3-2-8-23-19)20(27)25-9-6-13(7-10-25)12-24-18(26)16-11-14(21)4-5-17(16)22/h2-5,8,11,13H,6-7,9-10,12H2,1H3,(H,24,26). The smallest absolute Gasteiger partial charge is 0.256 e. The Bertz CT molecular complexity index is 870. The molecule has 1 N–H and O–H groups in total. The summed E-state index contributed by atoms with van der Waals surface area (Å²) in [5.74, 6) is 0.108. The van der Waals surface area contributed by atoms with Crippen molar-refractivity contribution in [2.45, 2.75) is 17.9 Å². The van der Waals surface area contributed by atoms with Crippen LogP contribution in [0.5, 0.6) is 0 Å². The average molecular weight is 438 g/mol. The van der Waals surface area contributed by atoms with E-state index in [9.17, 15) is 9.59 Å². The third-order valence-corrected chi connectivity index (χ3v) is 6.10. The van der Waals surface area contributed by atoms with E-state index in [2.05, 4.69) is 10.3 Å². The predicted octanol–water partition coefficient (Wildman–Crippen LogP) is 4.39. The highest BCUT2D eigenvalue weighted by Crippen LogP contribution is 2.24. The molecule has 2 amide bonds. The number of nitrogens with one attached hydrogen (secondary N) is 1. The summed E-state index contributed by atoms with van der Waals surface area (Å²) in [7, 11) is 0. The maximum absolute atomic E-state index is 12.8. The number of amides is 2. The van der Waals surface area contributed by atoms with Gasteiger partial charge < -0.3 is 10.2 Å². The number of thioether (sulfide) groups is 1. The van der Waals surface area contributed by atoms with Crippen LogP contribution in [-0.4, -0.2) is 47.6 Å². The molecule has 1 saturated heterocycles. The van der Waals surface area contributed by atoms with Gasteiger partial charge in [0.1, 0.15) is 5.03 Å². The zero-order valence-corrected chi connectivity index (χ0v) is 17.8. The predicted molar refractivity (Wildman–Crippen MR) is 113 cm³/mol. The number of halogens is 2. The molecule has 148 valence electrons. The Kier molecular flexibility index (Phi) is 7.21. The van der Waals surface area contributed by atoms with Gasteiger partial charge in [-0.25, -0.2) is 4.98 Å². The topological polar surface area (TPSA) is 62.3 Å². The molecule has 0 radical (unpaired) electrons. The molecule has 1 fully saturated rings. The van der Waals surface area contributed by atoms with Crippen LogP contribution < -0.4 is 5.32 Å². The number of piperidine rings is 1. The van der Waals surface area contributed by atoms with Crippen molar-refractivity contribution in [3.8, 4) is 0 Å². The number of nitrogens with zero attached hydrogens (tertiary/aromatic N) is 2. The number of carbonyl (C=O) groups excluding carboxylic acids is 2. The van der Waals surface area contributed by atoms with Gasteiger partial charge in [0.25, 0.3) is 11.8 Å². The molecule has 0 saturated carbocycles. The van der Waals surface area contributed by atoms with Crippen molar-refractivity contribution in [1.29, 1.82) is 0 Å². The molecule has 0 spiro atoms. The minimum atomic E-state index is -0.231. The van der Waals surface area contributed by atoms with Crippen LogP contribution in [0.1, 0.15) is 33.6 Å². The molecule has 3 rings (SSSR count). The highest BCUT2D eigenvalue weighted by molar-refractivity contribution is 7.98. The molecular formula is C20H21Cl2N3O2S. The Morgan fingerprint density at radius 1 is 1.21 bits per heavy atom. The molecule has 0 unspecified atom stereocenters. The maximum Gasteiger partial charge on any atom is 0.256 e. The molecule has 1 aromatic heterocycles. The Morgan fingerprint density at radius 3 is 2.68 bits per heavy atom. The molecule has 1 aliphatic heterocycles. The molecular weight excluding hydrogens is 417 g/mol. The van der Waals surface area contributed by atoms with Crippen LogP contribution in [0.4, 0.5) is 0 Å². The fourth-order valence-corrected chi connectivity index (χ4v) is 4.15. The quantitative estimate of drug-likeness (QED) is 0.704. The van der Waals surface area contributed by atoms with Crippen molar-refractivity contribution >= 4 is 46.8 Å². The summed E-state index contributed by atoms with van der Waals surface area (Å²) in [5, 5.41) is 4.53. The van der Waals surface area contributed by atoms with Gasteiger partial charge in [0.05, 0.1) is 16.1 Å². The fraction of sp³-hybridized carbons (Fsp3) is 0.350. The molecule has 5 nitrogen and oxygen atoms in total. The average Bonchev–Trinajstić information content (AvgIpc) is 2.73. The SMILES string of the molecule is CSc1ncccc1C(=O)N1CCC(CNC(=O)c2cc(Cl)ccc2Cl)CC1. The summed E-state index contributed by atoms with van der Waals surface area (Å²) in [5.41, 5.74) is 1.03. The number of hydrogen-bond donors (Lipinski definition) is 1. The van der Waals surface area contributed by atoms with E-state index >= 15 is 0 Å². The van der Waals surface area contributed by atoms with Crippen LogP contribution in [0.2, 0.25) is 10.0 Å². The third-order valence-electron chi connectivity index (χ3n) is 4.82. The second kappa shape index (κ2) is 9.63. The molecule has 0 atom stereocenters. The summed E-state index contributed by atoms with van der Waals surface area (Å²) < 4.78 is 0. The van der Waals surface area contributed by atoms with E-state index in [0.717, 1.165) is 17.9 Å². The second-order valence-corrected chi connectivity index (χ2v) is 8.27. The van der Waals surface area contributed by atoms with Gasteiger partial charge in [-0.15, -0.1) is 11.8 Å². The van der Waals surface area contributed by atoms with Gasteiger partial charge in [-0.1, -0.05) is 23.2 Å². The van der Waals surface area contributed by atoms with Gasteiger partial charge in [0.2, 0.25) is 0 Å². The van der Waals surface area contributed by atoms with Crippen molar-refractivity contribution in [2.24, 2.45) is 5.92 Å². The molecule has 1 aromatic carbocycles. The highest BCUT2D eigenvalue weighted by atomic mass is 35.5. The first-order valence-corrected chi connectivity index (χ1v) is 11.0. The van der Waals surface area contributed by atoms with E-state index < -0.39 is 0 Å². The lowest BCUT2D eigenvalue weighted by Gasteiger charge is -2.32. The van der Waals surface area contributed by atoms with Crippen LogP contribution >= 0.6 is 35.0 Å². The Morgan fingerprint density at radius 2 is 1.96 bits per heavy atom. The number of aromatic nitrogens is 1. The molecule has 0 bridgehead atoms. The number of benzene rings is 1. The second-order valence-electron chi connectivity index (χ2n) is 6.63. The zero-order valence-electron chi connectivity index (χ0n) is 15.5. The lowest BCUT2D eigenvalue weighted by atomic mass is 9.96. The monoisotopic (exact) mass is 437 g/mol. The number of rotatable bonds is 5. The first-order chi connectivity index (χ1) is 13.5.